The third-order valence-corrected chi connectivity index (χ3v) is 10.4. The zero-order valence-electron chi connectivity index (χ0n) is 30.3. The second kappa shape index (κ2) is 13.5. The predicted octanol–water partition coefficient (Wildman–Crippen LogP) is 14.2. The first-order valence-corrected chi connectivity index (χ1v) is 18.4. The predicted molar refractivity (Wildman–Crippen MR) is 226 cm³/mol. The first kappa shape index (κ1) is 32.3. The van der Waals surface area contributed by atoms with Gasteiger partial charge in [0, 0.05) is 33.3 Å². The van der Waals surface area contributed by atoms with Crippen molar-refractivity contribution in [2.45, 2.75) is 20.8 Å². The summed E-state index contributed by atoms with van der Waals surface area (Å²) >= 11 is 0. The average molecular weight is 681 g/mol. The van der Waals surface area contributed by atoms with Crippen LogP contribution in [-0.4, -0.2) is 4.57 Å². The standard InChI is InChI=1S/C51H40N2/c1-35-31-36(2)33-41(32-35)45-22-14-15-37(3)51(45)53-49-24-13-11-21-46(49)47-30-29-43(34-50(47)53)52(42-27-25-39(26-28-42)38-16-6-4-7-17-38)48-23-12-10-20-44(48)40-18-8-5-9-19-40/h4-34H,1-3H3. The van der Waals surface area contributed by atoms with Gasteiger partial charge in [0.1, 0.15) is 0 Å². The first-order valence-electron chi connectivity index (χ1n) is 18.4. The highest BCUT2D eigenvalue weighted by Gasteiger charge is 2.22. The number of anilines is 3. The molecule has 0 spiro atoms. The second-order valence-corrected chi connectivity index (χ2v) is 14.0. The zero-order chi connectivity index (χ0) is 35.9. The average Bonchev–Trinajstić information content (AvgIpc) is 3.52. The summed E-state index contributed by atoms with van der Waals surface area (Å²) in [5, 5.41) is 2.47. The highest BCUT2D eigenvalue weighted by molar-refractivity contribution is 6.11. The summed E-state index contributed by atoms with van der Waals surface area (Å²) in [5.74, 6) is 0. The molecule has 0 unspecified atom stereocenters. The number of aromatic nitrogens is 1. The molecular weight excluding hydrogens is 641 g/mol. The molecule has 53 heavy (non-hydrogen) atoms. The molecule has 0 saturated heterocycles. The number of benzene rings is 8. The van der Waals surface area contributed by atoms with Crippen molar-refractivity contribution in [2.75, 3.05) is 4.90 Å². The smallest absolute Gasteiger partial charge is 0.0569 e. The third-order valence-electron chi connectivity index (χ3n) is 10.4. The fraction of sp³-hybridized carbons (Fsp3) is 0.0588. The van der Waals surface area contributed by atoms with Gasteiger partial charge in [-0.25, -0.2) is 0 Å². The summed E-state index contributed by atoms with van der Waals surface area (Å²) in [6.07, 6.45) is 0. The van der Waals surface area contributed by atoms with Crippen molar-refractivity contribution < 1.29 is 0 Å². The van der Waals surface area contributed by atoms with E-state index in [9.17, 15) is 0 Å². The van der Waals surface area contributed by atoms with Crippen LogP contribution in [0.25, 0.3) is 60.9 Å². The van der Waals surface area contributed by atoms with Crippen LogP contribution in [0.3, 0.4) is 0 Å². The molecule has 0 aliphatic heterocycles. The molecule has 2 nitrogen and oxygen atoms in total. The monoisotopic (exact) mass is 680 g/mol. The van der Waals surface area contributed by atoms with Crippen molar-refractivity contribution >= 4 is 38.9 Å². The van der Waals surface area contributed by atoms with E-state index in [1.807, 2.05) is 0 Å². The quantitative estimate of drug-likeness (QED) is 0.163. The van der Waals surface area contributed by atoms with Crippen molar-refractivity contribution in [2.24, 2.45) is 0 Å². The Balaban J connectivity index is 1.31. The van der Waals surface area contributed by atoms with E-state index in [0.717, 1.165) is 17.1 Å². The number of hydrogen-bond donors (Lipinski definition) is 0. The molecule has 0 saturated carbocycles. The lowest BCUT2D eigenvalue weighted by Crippen LogP contribution is -2.11. The molecule has 9 rings (SSSR count). The maximum absolute atomic E-state index is 2.50. The number of aryl methyl sites for hydroxylation is 3. The molecule has 0 aliphatic rings. The van der Waals surface area contributed by atoms with Crippen LogP contribution >= 0.6 is 0 Å². The van der Waals surface area contributed by atoms with Crippen LogP contribution in [0, 0.1) is 20.8 Å². The molecular formula is C51H40N2. The van der Waals surface area contributed by atoms with Gasteiger partial charge in [0.05, 0.1) is 22.4 Å². The minimum absolute atomic E-state index is 1.10. The van der Waals surface area contributed by atoms with Gasteiger partial charge in [-0.3, -0.25) is 0 Å². The Bertz CT molecular complexity index is 2720. The maximum Gasteiger partial charge on any atom is 0.0569 e. The van der Waals surface area contributed by atoms with Crippen molar-refractivity contribution in [1.29, 1.82) is 0 Å². The normalized spacial score (nSPS) is 11.3. The van der Waals surface area contributed by atoms with Crippen LogP contribution in [0.2, 0.25) is 0 Å². The highest BCUT2D eigenvalue weighted by atomic mass is 15.1. The molecule has 9 aromatic rings. The highest BCUT2D eigenvalue weighted by Crippen LogP contribution is 2.44. The van der Waals surface area contributed by atoms with Crippen LogP contribution in [0.4, 0.5) is 17.1 Å². The van der Waals surface area contributed by atoms with E-state index in [2.05, 4.69) is 218 Å². The van der Waals surface area contributed by atoms with E-state index in [1.165, 1.54) is 77.6 Å². The van der Waals surface area contributed by atoms with Gasteiger partial charge in [0.25, 0.3) is 0 Å². The minimum Gasteiger partial charge on any atom is -0.310 e. The van der Waals surface area contributed by atoms with Gasteiger partial charge < -0.3 is 9.47 Å². The van der Waals surface area contributed by atoms with Crippen LogP contribution < -0.4 is 4.90 Å². The SMILES string of the molecule is Cc1cc(C)cc(-c2cccc(C)c2-n2c3ccccc3c3ccc(N(c4ccc(-c5ccccc5)cc4)c4ccccc4-c4ccccc4)cc32)c1. The summed E-state index contributed by atoms with van der Waals surface area (Å²) < 4.78 is 2.50. The van der Waals surface area contributed by atoms with Gasteiger partial charge in [-0.2, -0.15) is 0 Å². The molecule has 0 fully saturated rings. The van der Waals surface area contributed by atoms with Crippen molar-refractivity contribution in [1.82, 2.24) is 4.57 Å². The largest absolute Gasteiger partial charge is 0.310 e. The Hall–Kier alpha value is -6.64. The van der Waals surface area contributed by atoms with E-state index in [1.54, 1.807) is 0 Å². The second-order valence-electron chi connectivity index (χ2n) is 14.0. The van der Waals surface area contributed by atoms with E-state index in [4.69, 9.17) is 0 Å². The maximum atomic E-state index is 2.50. The van der Waals surface area contributed by atoms with E-state index >= 15 is 0 Å². The van der Waals surface area contributed by atoms with Gasteiger partial charge in [-0.15, -0.1) is 0 Å². The number of nitrogens with zero attached hydrogens (tertiary/aromatic N) is 2. The van der Waals surface area contributed by atoms with Crippen LogP contribution in [-0.2, 0) is 0 Å². The molecule has 1 aromatic heterocycles. The Labute approximate surface area is 311 Å². The zero-order valence-corrected chi connectivity index (χ0v) is 30.3. The number of rotatable bonds is 7. The summed E-state index contributed by atoms with van der Waals surface area (Å²) in [6, 6.07) is 68.4. The Morgan fingerprint density at radius 3 is 1.72 bits per heavy atom. The molecule has 0 radical (unpaired) electrons. The lowest BCUT2D eigenvalue weighted by molar-refractivity contribution is 1.15. The van der Waals surface area contributed by atoms with Gasteiger partial charge in [0.15, 0.2) is 0 Å². The fourth-order valence-electron chi connectivity index (χ4n) is 8.05. The lowest BCUT2D eigenvalue weighted by Gasteiger charge is -2.28. The molecule has 0 aliphatic carbocycles. The Kier molecular flexibility index (Phi) is 8.21. The third kappa shape index (κ3) is 5.89. The van der Waals surface area contributed by atoms with Gasteiger partial charge >= 0.3 is 0 Å². The van der Waals surface area contributed by atoms with E-state index < -0.39 is 0 Å². The van der Waals surface area contributed by atoms with Crippen molar-refractivity contribution in [3.63, 3.8) is 0 Å². The van der Waals surface area contributed by atoms with E-state index in [-0.39, 0.29) is 0 Å². The molecule has 2 heteroatoms. The number of para-hydroxylation sites is 3. The Morgan fingerprint density at radius 2 is 0.962 bits per heavy atom. The van der Waals surface area contributed by atoms with Gasteiger partial charge in [0.2, 0.25) is 0 Å². The van der Waals surface area contributed by atoms with Crippen molar-refractivity contribution in [3.05, 3.63) is 205 Å². The van der Waals surface area contributed by atoms with Crippen LogP contribution in [0.5, 0.6) is 0 Å². The minimum atomic E-state index is 1.10. The summed E-state index contributed by atoms with van der Waals surface area (Å²) in [7, 11) is 0. The fourth-order valence-corrected chi connectivity index (χ4v) is 8.05. The lowest BCUT2D eigenvalue weighted by atomic mass is 9.97. The molecule has 0 N–H and O–H groups in total. The summed E-state index contributed by atoms with van der Waals surface area (Å²) in [5.41, 5.74) is 17.9. The molecule has 0 bridgehead atoms. The van der Waals surface area contributed by atoms with E-state index in [0.29, 0.717) is 0 Å². The van der Waals surface area contributed by atoms with Crippen LogP contribution in [0.15, 0.2) is 188 Å². The molecule has 254 valence electrons. The van der Waals surface area contributed by atoms with Gasteiger partial charge in [-0.05, 0) is 85.0 Å². The number of fused-ring (bicyclic) bond motifs is 3. The van der Waals surface area contributed by atoms with Gasteiger partial charge in [-0.1, -0.05) is 163 Å². The summed E-state index contributed by atoms with van der Waals surface area (Å²) in [4.78, 5) is 2.42. The Morgan fingerprint density at radius 1 is 0.377 bits per heavy atom. The summed E-state index contributed by atoms with van der Waals surface area (Å²) in [6.45, 7) is 6.61. The van der Waals surface area contributed by atoms with Crippen molar-refractivity contribution in [3.8, 4) is 39.1 Å². The molecule has 0 atom stereocenters. The van der Waals surface area contributed by atoms with Crippen LogP contribution in [0.1, 0.15) is 16.7 Å². The molecule has 0 amide bonds. The topological polar surface area (TPSA) is 8.17 Å². The molecule has 1 heterocycles. The molecule has 8 aromatic carbocycles. The first-order chi connectivity index (χ1) is 26.0. The number of hydrogen-bond acceptors (Lipinski definition) is 1.